The van der Waals surface area contributed by atoms with E-state index < -0.39 is 17.8 Å². The number of alkyl halides is 3. The number of nitrogens with two attached hydrogens (primary N) is 1. The van der Waals surface area contributed by atoms with E-state index in [0.717, 1.165) is 4.68 Å². The van der Waals surface area contributed by atoms with Crippen LogP contribution in [0, 0.1) is 0 Å². The van der Waals surface area contributed by atoms with E-state index in [1.807, 2.05) is 0 Å². The molecule has 0 aliphatic rings. The predicted octanol–water partition coefficient (Wildman–Crippen LogP) is 2.53. The van der Waals surface area contributed by atoms with E-state index >= 15 is 0 Å². The zero-order valence-corrected chi connectivity index (χ0v) is 11.7. The Balaban J connectivity index is 2.56. The Bertz CT molecular complexity index is 680. The molecule has 0 spiro atoms. The summed E-state index contributed by atoms with van der Waals surface area (Å²) in [6.07, 6.45) is -4.65. The molecule has 5 nitrogen and oxygen atoms in total. The molecule has 1 aromatic carbocycles. The molecule has 2 rings (SSSR count). The summed E-state index contributed by atoms with van der Waals surface area (Å²) in [4.78, 5) is 11.9. The van der Waals surface area contributed by atoms with Crippen LogP contribution in [0.15, 0.2) is 30.3 Å². The molecule has 118 valence electrons. The van der Waals surface area contributed by atoms with Crippen molar-refractivity contribution in [2.45, 2.75) is 19.6 Å². The predicted molar refractivity (Wildman–Crippen MR) is 72.4 cm³/mol. The molecule has 8 heteroatoms. The maximum absolute atomic E-state index is 12.8. The second kappa shape index (κ2) is 6.18. The van der Waals surface area contributed by atoms with E-state index in [2.05, 4.69) is 5.10 Å². The fourth-order valence-electron chi connectivity index (χ4n) is 1.88. The van der Waals surface area contributed by atoms with Crippen LogP contribution in [-0.2, 0) is 17.5 Å². The van der Waals surface area contributed by atoms with Crippen LogP contribution >= 0.6 is 0 Å². The highest BCUT2D eigenvalue weighted by Gasteiger charge is 2.36. The number of hydrogen-bond donors (Lipinski definition) is 1. The average Bonchev–Trinajstić information content (AvgIpc) is 2.93. The zero-order chi connectivity index (χ0) is 16.3. The first-order chi connectivity index (χ1) is 10.4. The number of carbonyl (C=O) groups is 1. The molecular formula is C14H14F3N3O2. The van der Waals surface area contributed by atoms with Crippen molar-refractivity contribution < 1.29 is 22.7 Å². The van der Waals surface area contributed by atoms with Gasteiger partial charge in [-0.2, -0.15) is 18.3 Å². The average molecular weight is 313 g/mol. The Hall–Kier alpha value is -2.35. The SMILES string of the molecule is CCOC(=O)c1cc(C(F)(F)F)nn1-c1cccc(CN)c1. The van der Waals surface area contributed by atoms with Crippen LogP contribution in [0.25, 0.3) is 5.69 Å². The molecule has 0 aliphatic heterocycles. The first-order valence-electron chi connectivity index (χ1n) is 6.50. The monoisotopic (exact) mass is 313 g/mol. The number of carbonyl (C=O) groups excluding carboxylic acids is 1. The molecule has 0 unspecified atom stereocenters. The van der Waals surface area contributed by atoms with Gasteiger partial charge in [-0.1, -0.05) is 12.1 Å². The van der Waals surface area contributed by atoms with Crippen LogP contribution in [0.3, 0.4) is 0 Å². The van der Waals surface area contributed by atoms with Gasteiger partial charge < -0.3 is 10.5 Å². The third-order valence-electron chi connectivity index (χ3n) is 2.88. The highest BCUT2D eigenvalue weighted by molar-refractivity contribution is 5.88. The number of hydrogen-bond acceptors (Lipinski definition) is 4. The summed E-state index contributed by atoms with van der Waals surface area (Å²) in [7, 11) is 0. The van der Waals surface area contributed by atoms with Crippen LogP contribution in [0.5, 0.6) is 0 Å². The minimum atomic E-state index is -4.65. The van der Waals surface area contributed by atoms with E-state index in [1.165, 1.54) is 6.07 Å². The maximum Gasteiger partial charge on any atom is 0.435 e. The lowest BCUT2D eigenvalue weighted by atomic mass is 10.2. The summed E-state index contributed by atoms with van der Waals surface area (Å²) in [6, 6.07) is 7.13. The molecule has 0 aliphatic carbocycles. The van der Waals surface area contributed by atoms with Gasteiger partial charge in [-0.15, -0.1) is 0 Å². The molecule has 0 radical (unpaired) electrons. The maximum atomic E-state index is 12.8. The van der Waals surface area contributed by atoms with Crippen LogP contribution < -0.4 is 5.73 Å². The van der Waals surface area contributed by atoms with Crippen LogP contribution in [0.2, 0.25) is 0 Å². The van der Waals surface area contributed by atoms with Crippen LogP contribution in [0.4, 0.5) is 13.2 Å². The first-order valence-corrected chi connectivity index (χ1v) is 6.50. The van der Waals surface area contributed by atoms with Crippen LogP contribution in [-0.4, -0.2) is 22.4 Å². The summed E-state index contributed by atoms with van der Waals surface area (Å²) >= 11 is 0. The lowest BCUT2D eigenvalue weighted by molar-refractivity contribution is -0.141. The van der Waals surface area contributed by atoms with E-state index in [1.54, 1.807) is 25.1 Å². The van der Waals surface area contributed by atoms with E-state index in [-0.39, 0.29) is 18.8 Å². The molecule has 0 fully saturated rings. The second-order valence-electron chi connectivity index (χ2n) is 4.42. The van der Waals surface area contributed by atoms with Gasteiger partial charge in [-0.05, 0) is 24.6 Å². The minimum absolute atomic E-state index is 0.0498. The number of esters is 1. The molecule has 2 N–H and O–H groups in total. The molecule has 0 bridgehead atoms. The normalized spacial score (nSPS) is 11.5. The lowest BCUT2D eigenvalue weighted by Crippen LogP contribution is -2.12. The second-order valence-corrected chi connectivity index (χ2v) is 4.42. The molecule has 0 saturated carbocycles. The minimum Gasteiger partial charge on any atom is -0.461 e. The van der Waals surface area contributed by atoms with Gasteiger partial charge in [0.05, 0.1) is 12.3 Å². The number of benzene rings is 1. The Morgan fingerprint density at radius 3 is 2.68 bits per heavy atom. The van der Waals surface area contributed by atoms with Crippen molar-refractivity contribution in [3.8, 4) is 5.69 Å². The number of aromatic nitrogens is 2. The van der Waals surface area contributed by atoms with Gasteiger partial charge in [-0.25, -0.2) is 9.48 Å². The Labute approximate surface area is 124 Å². The van der Waals surface area contributed by atoms with Crippen molar-refractivity contribution in [3.05, 3.63) is 47.3 Å². The van der Waals surface area contributed by atoms with Gasteiger partial charge in [0.25, 0.3) is 0 Å². The first kappa shape index (κ1) is 16.0. The highest BCUT2D eigenvalue weighted by atomic mass is 19.4. The van der Waals surface area contributed by atoms with Gasteiger partial charge >= 0.3 is 12.1 Å². The molecular weight excluding hydrogens is 299 g/mol. The Morgan fingerprint density at radius 1 is 1.36 bits per heavy atom. The van der Waals surface area contributed by atoms with Gasteiger partial charge in [0.2, 0.25) is 0 Å². The van der Waals surface area contributed by atoms with E-state index in [4.69, 9.17) is 10.5 Å². The topological polar surface area (TPSA) is 70.1 Å². The quantitative estimate of drug-likeness (QED) is 0.881. The molecule has 0 atom stereocenters. The van der Waals surface area contributed by atoms with Crippen molar-refractivity contribution in [1.29, 1.82) is 0 Å². The molecule has 2 aromatic rings. The molecule has 22 heavy (non-hydrogen) atoms. The standard InChI is InChI=1S/C14H14F3N3O2/c1-2-22-13(21)11-7-12(14(15,16)17)19-20(11)10-5-3-4-9(6-10)8-18/h3-7H,2,8,18H2,1H3. The lowest BCUT2D eigenvalue weighted by Gasteiger charge is -2.08. The molecule has 1 aromatic heterocycles. The van der Waals surface area contributed by atoms with E-state index in [0.29, 0.717) is 17.3 Å². The fourth-order valence-corrected chi connectivity index (χ4v) is 1.88. The highest BCUT2D eigenvalue weighted by Crippen LogP contribution is 2.30. The van der Waals surface area contributed by atoms with Crippen molar-refractivity contribution >= 4 is 5.97 Å². The smallest absolute Gasteiger partial charge is 0.435 e. The summed E-state index contributed by atoms with van der Waals surface area (Å²) in [5.41, 5.74) is 5.08. The molecule has 0 saturated heterocycles. The van der Waals surface area contributed by atoms with Crippen molar-refractivity contribution in [3.63, 3.8) is 0 Å². The van der Waals surface area contributed by atoms with Crippen LogP contribution in [0.1, 0.15) is 28.7 Å². The zero-order valence-electron chi connectivity index (χ0n) is 11.7. The van der Waals surface area contributed by atoms with Gasteiger partial charge in [0, 0.05) is 12.6 Å². The van der Waals surface area contributed by atoms with Crippen molar-refractivity contribution in [2.75, 3.05) is 6.61 Å². The Morgan fingerprint density at radius 2 is 2.09 bits per heavy atom. The summed E-state index contributed by atoms with van der Waals surface area (Å²) in [5, 5.41) is 3.48. The van der Waals surface area contributed by atoms with Gasteiger partial charge in [-0.3, -0.25) is 0 Å². The van der Waals surface area contributed by atoms with Gasteiger partial charge in [0.1, 0.15) is 0 Å². The van der Waals surface area contributed by atoms with E-state index in [9.17, 15) is 18.0 Å². The molecule has 1 heterocycles. The third kappa shape index (κ3) is 3.28. The van der Waals surface area contributed by atoms with Gasteiger partial charge in [0.15, 0.2) is 11.4 Å². The third-order valence-corrected chi connectivity index (χ3v) is 2.88. The summed E-state index contributed by atoms with van der Waals surface area (Å²) < 4.78 is 44.2. The number of ether oxygens (including phenoxy) is 1. The van der Waals surface area contributed by atoms with Crippen molar-refractivity contribution in [1.82, 2.24) is 9.78 Å². The largest absolute Gasteiger partial charge is 0.461 e. The van der Waals surface area contributed by atoms with Crippen molar-refractivity contribution in [2.24, 2.45) is 5.73 Å². The Kier molecular flexibility index (Phi) is 4.51. The number of nitrogens with zero attached hydrogens (tertiary/aromatic N) is 2. The summed E-state index contributed by atoms with van der Waals surface area (Å²) in [5.74, 6) is -0.872. The number of halogens is 3. The summed E-state index contributed by atoms with van der Waals surface area (Å²) in [6.45, 7) is 1.84. The molecule has 0 amide bonds. The fraction of sp³-hybridized carbons (Fsp3) is 0.286. The number of rotatable bonds is 4.